The Morgan fingerprint density at radius 2 is 2.06 bits per heavy atom. The molecule has 0 aliphatic heterocycles. The molecule has 0 bridgehead atoms. The van der Waals surface area contributed by atoms with Crippen molar-refractivity contribution in [3.63, 3.8) is 0 Å². The summed E-state index contributed by atoms with van der Waals surface area (Å²) in [5.74, 6) is 0.0582. The van der Waals surface area contributed by atoms with Crippen LogP contribution in [0.5, 0.6) is 0 Å². The average molecular weight is 249 g/mol. The molecule has 0 aliphatic carbocycles. The number of hydrogen-bond acceptors (Lipinski definition) is 3. The summed E-state index contributed by atoms with van der Waals surface area (Å²) in [6.07, 6.45) is 0. The summed E-state index contributed by atoms with van der Waals surface area (Å²) in [6, 6.07) is 5.74. The van der Waals surface area contributed by atoms with Gasteiger partial charge in [0.2, 0.25) is 0 Å². The highest BCUT2D eigenvalue weighted by atomic mass is 16.3. The lowest BCUT2D eigenvalue weighted by molar-refractivity contribution is 0.0875. The number of rotatable bonds is 5. The van der Waals surface area contributed by atoms with Crippen LogP contribution in [0.2, 0.25) is 0 Å². The summed E-state index contributed by atoms with van der Waals surface area (Å²) in [5.41, 5.74) is 7.57. The minimum atomic E-state index is -0.785. The second-order valence-corrected chi connectivity index (χ2v) is 5.21. The molecule has 0 spiro atoms. The third kappa shape index (κ3) is 3.47. The van der Waals surface area contributed by atoms with Crippen LogP contribution in [-0.4, -0.2) is 29.6 Å². The van der Waals surface area contributed by atoms with Crippen molar-refractivity contribution in [1.82, 2.24) is 0 Å². The van der Waals surface area contributed by atoms with Gasteiger partial charge in [0.1, 0.15) is 5.84 Å². The summed E-state index contributed by atoms with van der Waals surface area (Å²) >= 11 is 0. The topological polar surface area (TPSA) is 73.3 Å². The van der Waals surface area contributed by atoms with Crippen LogP contribution in [0.4, 0.5) is 5.69 Å². The summed E-state index contributed by atoms with van der Waals surface area (Å²) in [7, 11) is 0. The molecule has 1 aromatic rings. The number of amidine groups is 1. The first kappa shape index (κ1) is 14.5. The van der Waals surface area contributed by atoms with Crippen molar-refractivity contribution in [3.05, 3.63) is 29.3 Å². The highest BCUT2D eigenvalue weighted by Gasteiger charge is 2.21. The summed E-state index contributed by atoms with van der Waals surface area (Å²) in [5, 5.41) is 17.6. The number of nitrogens with zero attached hydrogens (tertiary/aromatic N) is 1. The van der Waals surface area contributed by atoms with Crippen LogP contribution in [0.25, 0.3) is 0 Å². The fourth-order valence-electron chi connectivity index (χ4n) is 2.11. The van der Waals surface area contributed by atoms with Gasteiger partial charge in [0.25, 0.3) is 0 Å². The molecule has 1 rings (SSSR count). The molecular weight excluding hydrogens is 226 g/mol. The predicted molar refractivity (Wildman–Crippen MR) is 76.4 cm³/mol. The standard InChI is InChI=1S/C14H23N3O/c1-5-17(9-14(3,4)18)12-10(2)7-6-8-11(12)13(15)16/h6-8,18H,5,9H2,1-4H3,(H3,15,16). The molecule has 0 radical (unpaired) electrons. The first-order valence-electron chi connectivity index (χ1n) is 6.17. The van der Waals surface area contributed by atoms with Gasteiger partial charge in [-0.05, 0) is 39.3 Å². The van der Waals surface area contributed by atoms with Gasteiger partial charge >= 0.3 is 0 Å². The molecule has 0 aromatic heterocycles. The third-order valence-corrected chi connectivity index (χ3v) is 2.80. The van der Waals surface area contributed by atoms with E-state index in [0.29, 0.717) is 6.54 Å². The first-order chi connectivity index (χ1) is 8.26. The monoisotopic (exact) mass is 249 g/mol. The molecule has 0 aliphatic rings. The maximum Gasteiger partial charge on any atom is 0.124 e. The smallest absolute Gasteiger partial charge is 0.124 e. The highest BCUT2D eigenvalue weighted by Crippen LogP contribution is 2.26. The van der Waals surface area contributed by atoms with Gasteiger partial charge in [-0.15, -0.1) is 0 Å². The van der Waals surface area contributed by atoms with E-state index in [1.165, 1.54) is 0 Å². The Labute approximate surface area is 109 Å². The van der Waals surface area contributed by atoms with Crippen LogP contribution in [0, 0.1) is 12.3 Å². The largest absolute Gasteiger partial charge is 0.389 e. The van der Waals surface area contributed by atoms with Crippen molar-refractivity contribution in [2.24, 2.45) is 5.73 Å². The molecule has 0 saturated carbocycles. The second-order valence-electron chi connectivity index (χ2n) is 5.21. The van der Waals surface area contributed by atoms with Crippen LogP contribution >= 0.6 is 0 Å². The van der Waals surface area contributed by atoms with Crippen molar-refractivity contribution >= 4 is 11.5 Å². The summed E-state index contributed by atoms with van der Waals surface area (Å²) in [4.78, 5) is 2.06. The molecule has 1 aromatic carbocycles. The molecule has 0 heterocycles. The number of anilines is 1. The Morgan fingerprint density at radius 1 is 1.44 bits per heavy atom. The van der Waals surface area contributed by atoms with Crippen LogP contribution in [0.15, 0.2) is 18.2 Å². The van der Waals surface area contributed by atoms with Crippen molar-refractivity contribution in [1.29, 1.82) is 5.41 Å². The minimum Gasteiger partial charge on any atom is -0.389 e. The van der Waals surface area contributed by atoms with Gasteiger partial charge in [0.15, 0.2) is 0 Å². The van der Waals surface area contributed by atoms with Crippen molar-refractivity contribution in [2.75, 3.05) is 18.0 Å². The third-order valence-electron chi connectivity index (χ3n) is 2.80. The quantitative estimate of drug-likeness (QED) is 0.551. The number of hydrogen-bond donors (Lipinski definition) is 3. The van der Waals surface area contributed by atoms with E-state index in [1.807, 2.05) is 32.0 Å². The first-order valence-corrected chi connectivity index (χ1v) is 6.17. The minimum absolute atomic E-state index is 0.0582. The van der Waals surface area contributed by atoms with Gasteiger partial charge in [0.05, 0.1) is 11.3 Å². The number of para-hydroxylation sites is 1. The fraction of sp³-hybridized carbons (Fsp3) is 0.500. The zero-order valence-electron chi connectivity index (χ0n) is 11.6. The average Bonchev–Trinajstić information content (AvgIpc) is 2.24. The molecule has 0 unspecified atom stereocenters. The Balaban J connectivity index is 3.24. The van der Waals surface area contributed by atoms with E-state index in [0.717, 1.165) is 23.4 Å². The molecule has 100 valence electrons. The molecule has 4 nitrogen and oxygen atoms in total. The molecule has 0 amide bonds. The maximum absolute atomic E-state index is 9.97. The molecule has 0 fully saturated rings. The molecule has 4 heteroatoms. The molecule has 0 saturated heterocycles. The number of nitrogens with one attached hydrogen (secondary N) is 1. The number of likely N-dealkylation sites (N-methyl/N-ethyl adjacent to an activating group) is 1. The lowest BCUT2D eigenvalue weighted by atomic mass is 10.0. The van der Waals surface area contributed by atoms with Gasteiger partial charge in [-0.1, -0.05) is 12.1 Å². The Hall–Kier alpha value is -1.55. The van der Waals surface area contributed by atoms with E-state index < -0.39 is 5.60 Å². The normalized spacial score (nSPS) is 11.4. The second kappa shape index (κ2) is 5.40. The van der Waals surface area contributed by atoms with E-state index in [1.54, 1.807) is 13.8 Å². The SMILES string of the molecule is CCN(CC(C)(C)O)c1c(C)cccc1C(=N)N. The van der Waals surface area contributed by atoms with E-state index in [4.69, 9.17) is 11.1 Å². The number of aliphatic hydroxyl groups is 1. The summed E-state index contributed by atoms with van der Waals surface area (Å²) in [6.45, 7) is 8.85. The van der Waals surface area contributed by atoms with Crippen LogP contribution in [0.3, 0.4) is 0 Å². The van der Waals surface area contributed by atoms with E-state index >= 15 is 0 Å². The zero-order chi connectivity index (χ0) is 13.9. The lowest BCUT2D eigenvalue weighted by Crippen LogP contribution is -2.40. The maximum atomic E-state index is 9.97. The molecule has 4 N–H and O–H groups in total. The fourth-order valence-corrected chi connectivity index (χ4v) is 2.11. The highest BCUT2D eigenvalue weighted by molar-refractivity contribution is 6.01. The van der Waals surface area contributed by atoms with Gasteiger partial charge in [-0.2, -0.15) is 0 Å². The summed E-state index contributed by atoms with van der Waals surface area (Å²) < 4.78 is 0. The van der Waals surface area contributed by atoms with Crippen molar-refractivity contribution in [3.8, 4) is 0 Å². The molecule has 18 heavy (non-hydrogen) atoms. The van der Waals surface area contributed by atoms with Crippen molar-refractivity contribution in [2.45, 2.75) is 33.3 Å². The predicted octanol–water partition coefficient (Wildman–Crippen LogP) is 1.88. The van der Waals surface area contributed by atoms with Crippen molar-refractivity contribution < 1.29 is 5.11 Å². The van der Waals surface area contributed by atoms with Crippen LogP contribution in [-0.2, 0) is 0 Å². The lowest BCUT2D eigenvalue weighted by Gasteiger charge is -2.32. The number of aryl methyl sites for hydroxylation is 1. The van der Waals surface area contributed by atoms with Gasteiger partial charge < -0.3 is 15.7 Å². The van der Waals surface area contributed by atoms with E-state index in [9.17, 15) is 5.11 Å². The molecule has 0 atom stereocenters. The Bertz CT molecular complexity index is 435. The number of benzene rings is 1. The van der Waals surface area contributed by atoms with Crippen LogP contribution < -0.4 is 10.6 Å². The zero-order valence-corrected chi connectivity index (χ0v) is 11.6. The van der Waals surface area contributed by atoms with Gasteiger partial charge in [0, 0.05) is 18.7 Å². The van der Waals surface area contributed by atoms with Gasteiger partial charge in [-0.25, -0.2) is 0 Å². The molecular formula is C14H23N3O. The van der Waals surface area contributed by atoms with E-state index in [-0.39, 0.29) is 5.84 Å². The van der Waals surface area contributed by atoms with Crippen LogP contribution in [0.1, 0.15) is 31.9 Å². The number of nitrogens with two attached hydrogens (primary N) is 1. The number of nitrogen functional groups attached to an aromatic ring is 1. The van der Waals surface area contributed by atoms with E-state index in [2.05, 4.69) is 4.90 Å². The Morgan fingerprint density at radius 3 is 2.50 bits per heavy atom. The Kier molecular flexibility index (Phi) is 4.35. The van der Waals surface area contributed by atoms with Gasteiger partial charge in [-0.3, -0.25) is 5.41 Å².